The van der Waals surface area contributed by atoms with Gasteiger partial charge in [-0.25, -0.2) is 4.39 Å². The number of nitrogens with one attached hydrogen (secondary N) is 1. The summed E-state index contributed by atoms with van der Waals surface area (Å²) in [7, 11) is 1.03. The quantitative estimate of drug-likeness (QED) is 0.211. The van der Waals surface area contributed by atoms with Crippen molar-refractivity contribution in [3.63, 3.8) is 0 Å². The largest absolute Gasteiger partial charge is 0.573 e. The number of hydrogen-bond acceptors (Lipinski definition) is 5. The van der Waals surface area contributed by atoms with Gasteiger partial charge in [0.1, 0.15) is 11.4 Å². The lowest BCUT2D eigenvalue weighted by atomic mass is 9.93. The van der Waals surface area contributed by atoms with Crippen molar-refractivity contribution in [3.05, 3.63) is 76.3 Å². The Labute approximate surface area is 266 Å². The van der Waals surface area contributed by atoms with E-state index in [-0.39, 0.29) is 35.7 Å². The molecular formula is C28H19ClF12N2O5. The molecule has 0 heterocycles. The number of anilines is 2. The molecule has 0 fully saturated rings. The number of methoxy groups -OCH3 is 1. The fraction of sp³-hybridized carbons (Fsp3) is 0.286. The van der Waals surface area contributed by atoms with E-state index in [1.165, 1.54) is 19.1 Å². The molecule has 0 aliphatic rings. The molecule has 3 rings (SSSR count). The zero-order chi connectivity index (χ0) is 36.4. The van der Waals surface area contributed by atoms with E-state index in [4.69, 9.17) is 16.3 Å². The molecule has 2 amide bonds. The highest BCUT2D eigenvalue weighted by atomic mass is 35.5. The van der Waals surface area contributed by atoms with Crippen LogP contribution in [-0.4, -0.2) is 50.8 Å². The fourth-order valence-corrected chi connectivity index (χ4v) is 4.53. The van der Waals surface area contributed by atoms with Crippen LogP contribution in [0.4, 0.5) is 64.1 Å². The smallest absolute Gasteiger partial charge is 0.494 e. The van der Waals surface area contributed by atoms with E-state index < -0.39 is 76.1 Å². The molecule has 7 nitrogen and oxygen atoms in total. The van der Waals surface area contributed by atoms with Crippen LogP contribution in [0.5, 0.6) is 17.2 Å². The second-order valence-electron chi connectivity index (χ2n) is 9.30. The minimum absolute atomic E-state index is 0.128. The molecule has 3 aromatic carbocycles. The first-order valence-corrected chi connectivity index (χ1v) is 13.2. The highest BCUT2D eigenvalue weighted by Crippen LogP contribution is 2.55. The zero-order valence-electron chi connectivity index (χ0n) is 23.9. The van der Waals surface area contributed by atoms with E-state index in [9.17, 15) is 62.3 Å². The normalized spacial score (nSPS) is 12.5. The third-order valence-electron chi connectivity index (χ3n) is 6.32. The first kappa shape index (κ1) is 37.9. The predicted octanol–water partition coefficient (Wildman–Crippen LogP) is 9.06. The Hall–Kier alpha value is -4.55. The third kappa shape index (κ3) is 7.94. The lowest BCUT2D eigenvalue weighted by molar-refractivity contribution is -0.348. The first-order valence-electron chi connectivity index (χ1n) is 12.8. The summed E-state index contributed by atoms with van der Waals surface area (Å²) in [4.78, 5) is 27.6. The molecule has 262 valence electrons. The molecule has 0 bridgehead atoms. The SMILES string of the molecule is CCN(C(=O)c1ccc(OC(F)(F)F)cc1)c1cccc(C(=O)Nc2c(Cl)cc(C(F)(C(F)(F)F)C(F)(F)F)cc2OC(F)F)c1OC. The molecule has 1 N–H and O–H groups in total. The second kappa shape index (κ2) is 13.9. The molecule has 0 aliphatic carbocycles. The van der Waals surface area contributed by atoms with Crippen LogP contribution in [0, 0.1) is 0 Å². The molecule has 20 heteroatoms. The zero-order valence-corrected chi connectivity index (χ0v) is 24.6. The number of nitrogens with zero attached hydrogens (tertiary/aromatic N) is 1. The van der Waals surface area contributed by atoms with Crippen LogP contribution in [0.15, 0.2) is 54.6 Å². The van der Waals surface area contributed by atoms with Crippen LogP contribution in [-0.2, 0) is 5.67 Å². The summed E-state index contributed by atoms with van der Waals surface area (Å²) < 4.78 is 171. The minimum atomic E-state index is -6.64. The Bertz CT molecular complexity index is 1630. The minimum Gasteiger partial charge on any atom is -0.494 e. The maximum atomic E-state index is 14.7. The molecule has 48 heavy (non-hydrogen) atoms. The standard InChI is InChI=1S/C28H19ClF12N2O5/c1-3-43(23(45)13-7-9-15(10-8-13)48-28(39,40)41)18-6-4-5-16(21(18)46-2)22(44)42-20-17(29)11-14(12-19(20)47-24(30)31)25(32,26(33,34)35)27(36,37)38/h4-12,24H,3H2,1-2H3,(H,42,44). The predicted molar refractivity (Wildman–Crippen MR) is 144 cm³/mol. The molecular weight excluding hydrogens is 708 g/mol. The number of para-hydroxylation sites is 1. The van der Waals surface area contributed by atoms with Crippen molar-refractivity contribution in [2.24, 2.45) is 0 Å². The van der Waals surface area contributed by atoms with Gasteiger partial charge in [0.05, 0.1) is 23.4 Å². The van der Waals surface area contributed by atoms with Gasteiger partial charge in [0.15, 0.2) is 11.5 Å². The van der Waals surface area contributed by atoms with Gasteiger partial charge in [-0.3, -0.25) is 9.59 Å². The summed E-state index contributed by atoms with van der Waals surface area (Å²) in [6.45, 7) is -2.58. The summed E-state index contributed by atoms with van der Waals surface area (Å²) in [5.41, 5.74) is -10.2. The van der Waals surface area contributed by atoms with Crippen molar-refractivity contribution in [1.29, 1.82) is 0 Å². The number of halogens is 13. The highest BCUT2D eigenvalue weighted by Gasteiger charge is 2.73. The third-order valence-corrected chi connectivity index (χ3v) is 6.62. The average molecular weight is 727 g/mol. The van der Waals surface area contributed by atoms with Gasteiger partial charge in [0.2, 0.25) is 0 Å². The monoisotopic (exact) mass is 726 g/mol. The Morgan fingerprint density at radius 3 is 1.96 bits per heavy atom. The summed E-state index contributed by atoms with van der Waals surface area (Å²) in [5, 5.41) is 0.625. The van der Waals surface area contributed by atoms with E-state index in [0.717, 1.165) is 42.3 Å². The average Bonchev–Trinajstić information content (AvgIpc) is 2.96. The van der Waals surface area contributed by atoms with Crippen molar-refractivity contribution in [1.82, 2.24) is 0 Å². The number of amides is 2. The van der Waals surface area contributed by atoms with Gasteiger partial charge in [0, 0.05) is 17.7 Å². The first-order chi connectivity index (χ1) is 22.1. The van der Waals surface area contributed by atoms with Crippen molar-refractivity contribution < 1.29 is 76.5 Å². The molecule has 0 aliphatic heterocycles. The lowest BCUT2D eigenvalue weighted by Crippen LogP contribution is -2.50. The maximum Gasteiger partial charge on any atom is 0.573 e. The van der Waals surface area contributed by atoms with E-state index in [2.05, 4.69) is 9.47 Å². The highest BCUT2D eigenvalue weighted by molar-refractivity contribution is 6.34. The van der Waals surface area contributed by atoms with Gasteiger partial charge in [-0.05, 0) is 55.5 Å². The summed E-state index contributed by atoms with van der Waals surface area (Å²) >= 11 is 5.79. The summed E-state index contributed by atoms with van der Waals surface area (Å²) in [6.07, 6.45) is -18.3. The topological polar surface area (TPSA) is 77.1 Å². The van der Waals surface area contributed by atoms with Gasteiger partial charge in [-0.2, -0.15) is 35.1 Å². The Balaban J connectivity index is 2.06. The van der Waals surface area contributed by atoms with Crippen LogP contribution in [0.1, 0.15) is 33.2 Å². The van der Waals surface area contributed by atoms with Crippen LogP contribution >= 0.6 is 11.6 Å². The van der Waals surface area contributed by atoms with Crippen LogP contribution < -0.4 is 24.4 Å². The summed E-state index contributed by atoms with van der Waals surface area (Å²) in [5.74, 6) is -4.74. The van der Waals surface area contributed by atoms with Crippen molar-refractivity contribution >= 4 is 34.8 Å². The molecule has 0 aromatic heterocycles. The second-order valence-corrected chi connectivity index (χ2v) is 9.70. The van der Waals surface area contributed by atoms with Crippen LogP contribution in [0.2, 0.25) is 5.02 Å². The molecule has 0 unspecified atom stereocenters. The fourth-order valence-electron chi connectivity index (χ4n) is 4.27. The van der Waals surface area contributed by atoms with E-state index in [1.54, 1.807) is 0 Å². The number of alkyl halides is 12. The van der Waals surface area contributed by atoms with Gasteiger partial charge < -0.3 is 24.4 Å². The molecule has 0 saturated carbocycles. The molecule has 0 radical (unpaired) electrons. The Morgan fingerprint density at radius 1 is 0.896 bits per heavy atom. The van der Waals surface area contributed by atoms with Crippen LogP contribution in [0.25, 0.3) is 0 Å². The Morgan fingerprint density at radius 2 is 1.48 bits per heavy atom. The van der Waals surface area contributed by atoms with Gasteiger partial charge in [-0.15, -0.1) is 13.2 Å². The lowest BCUT2D eigenvalue weighted by Gasteiger charge is -2.31. The maximum absolute atomic E-state index is 14.7. The van der Waals surface area contributed by atoms with E-state index in [1.807, 2.05) is 5.32 Å². The van der Waals surface area contributed by atoms with Crippen LogP contribution in [0.3, 0.4) is 0 Å². The number of carbonyl (C=O) groups is 2. The summed E-state index contributed by atoms with van der Waals surface area (Å²) in [6, 6.07) is 6.70. The molecule has 0 saturated heterocycles. The number of hydrogen-bond donors (Lipinski definition) is 1. The van der Waals surface area contributed by atoms with Crippen molar-refractivity contribution in [2.75, 3.05) is 23.9 Å². The number of benzene rings is 3. The number of carbonyl (C=O) groups excluding carboxylic acids is 2. The van der Waals surface area contributed by atoms with Gasteiger partial charge in [0.25, 0.3) is 11.8 Å². The number of rotatable bonds is 10. The Kier molecular flexibility index (Phi) is 11.0. The molecule has 3 aromatic rings. The van der Waals surface area contributed by atoms with Gasteiger partial charge in [-0.1, -0.05) is 17.7 Å². The van der Waals surface area contributed by atoms with Crippen molar-refractivity contribution in [2.45, 2.75) is 37.9 Å². The molecule has 0 spiro atoms. The van der Waals surface area contributed by atoms with E-state index >= 15 is 0 Å². The molecule has 0 atom stereocenters. The van der Waals surface area contributed by atoms with Crippen molar-refractivity contribution in [3.8, 4) is 17.2 Å². The van der Waals surface area contributed by atoms with Gasteiger partial charge >= 0.3 is 31.0 Å². The van der Waals surface area contributed by atoms with E-state index in [0.29, 0.717) is 0 Å². The number of ether oxygens (including phenoxy) is 3.